The second kappa shape index (κ2) is 7.09. The SMILES string of the molecule is O=c1oc(-c2ccccc2)nn1CNC1(c2ccc(Cl)cc2)CCCC1. The Labute approximate surface area is 156 Å². The summed E-state index contributed by atoms with van der Waals surface area (Å²) in [6, 6.07) is 17.4. The minimum absolute atomic E-state index is 0.157. The largest absolute Gasteiger partial charge is 0.438 e. The molecular weight excluding hydrogens is 350 g/mol. The van der Waals surface area contributed by atoms with Crippen LogP contribution in [0, 0.1) is 0 Å². The average molecular weight is 370 g/mol. The minimum Gasteiger partial charge on any atom is -0.388 e. The maximum absolute atomic E-state index is 12.2. The highest BCUT2D eigenvalue weighted by atomic mass is 35.5. The molecule has 6 heteroatoms. The van der Waals surface area contributed by atoms with E-state index in [1.807, 2.05) is 42.5 Å². The van der Waals surface area contributed by atoms with Crippen molar-refractivity contribution in [2.24, 2.45) is 0 Å². The van der Waals surface area contributed by atoms with Crippen LogP contribution in [-0.2, 0) is 12.2 Å². The number of benzene rings is 2. The Balaban J connectivity index is 1.56. The third-order valence-electron chi connectivity index (χ3n) is 5.05. The molecule has 26 heavy (non-hydrogen) atoms. The fraction of sp³-hybridized carbons (Fsp3) is 0.300. The zero-order valence-electron chi connectivity index (χ0n) is 14.3. The molecule has 4 rings (SSSR count). The molecule has 0 saturated heterocycles. The third-order valence-corrected chi connectivity index (χ3v) is 5.30. The molecule has 3 aromatic rings. The van der Waals surface area contributed by atoms with Crippen molar-refractivity contribution < 1.29 is 4.42 Å². The van der Waals surface area contributed by atoms with E-state index < -0.39 is 5.76 Å². The summed E-state index contributed by atoms with van der Waals surface area (Å²) in [5, 5.41) is 8.61. The van der Waals surface area contributed by atoms with Crippen LogP contribution < -0.4 is 11.1 Å². The molecule has 1 heterocycles. The predicted octanol–water partition coefficient (Wildman–Crippen LogP) is 4.17. The molecule has 0 unspecified atom stereocenters. The molecule has 1 aliphatic rings. The van der Waals surface area contributed by atoms with E-state index in [1.165, 1.54) is 10.2 Å². The average Bonchev–Trinajstić information content (AvgIpc) is 3.29. The van der Waals surface area contributed by atoms with Gasteiger partial charge in [0.15, 0.2) is 0 Å². The lowest BCUT2D eigenvalue weighted by molar-refractivity contribution is 0.291. The van der Waals surface area contributed by atoms with Crippen molar-refractivity contribution in [1.29, 1.82) is 0 Å². The van der Waals surface area contributed by atoms with E-state index >= 15 is 0 Å². The quantitative estimate of drug-likeness (QED) is 0.733. The smallest absolute Gasteiger partial charge is 0.388 e. The van der Waals surface area contributed by atoms with E-state index in [0.717, 1.165) is 36.3 Å². The molecule has 134 valence electrons. The Morgan fingerprint density at radius 2 is 1.77 bits per heavy atom. The van der Waals surface area contributed by atoms with E-state index in [2.05, 4.69) is 22.5 Å². The lowest BCUT2D eigenvalue weighted by Crippen LogP contribution is -2.42. The lowest BCUT2D eigenvalue weighted by Gasteiger charge is -2.31. The normalized spacial score (nSPS) is 16.0. The second-order valence-electron chi connectivity index (χ2n) is 6.67. The van der Waals surface area contributed by atoms with Crippen LogP contribution in [0.1, 0.15) is 31.2 Å². The van der Waals surface area contributed by atoms with Gasteiger partial charge in [-0.05, 0) is 42.7 Å². The second-order valence-corrected chi connectivity index (χ2v) is 7.11. The Morgan fingerprint density at radius 1 is 1.08 bits per heavy atom. The summed E-state index contributed by atoms with van der Waals surface area (Å²) < 4.78 is 6.65. The van der Waals surface area contributed by atoms with E-state index in [-0.39, 0.29) is 5.54 Å². The molecule has 1 aromatic heterocycles. The van der Waals surface area contributed by atoms with Crippen LogP contribution in [0.3, 0.4) is 0 Å². The molecule has 2 aromatic carbocycles. The minimum atomic E-state index is -0.458. The van der Waals surface area contributed by atoms with Gasteiger partial charge in [-0.25, -0.2) is 4.79 Å². The van der Waals surface area contributed by atoms with Gasteiger partial charge in [0, 0.05) is 16.1 Å². The van der Waals surface area contributed by atoms with Crippen molar-refractivity contribution >= 4 is 11.6 Å². The van der Waals surface area contributed by atoms with Crippen molar-refractivity contribution in [3.63, 3.8) is 0 Å². The molecule has 0 atom stereocenters. The van der Waals surface area contributed by atoms with Crippen molar-refractivity contribution in [3.05, 3.63) is 75.7 Å². The Bertz CT molecular complexity index is 926. The highest BCUT2D eigenvalue weighted by Gasteiger charge is 2.35. The summed E-state index contributed by atoms with van der Waals surface area (Å²) in [5.74, 6) is -0.120. The Morgan fingerprint density at radius 3 is 2.46 bits per heavy atom. The maximum Gasteiger partial charge on any atom is 0.438 e. The molecular formula is C20H20ClN3O2. The van der Waals surface area contributed by atoms with Crippen LogP contribution in [-0.4, -0.2) is 9.78 Å². The van der Waals surface area contributed by atoms with E-state index in [9.17, 15) is 4.79 Å². The van der Waals surface area contributed by atoms with Gasteiger partial charge in [0.25, 0.3) is 0 Å². The molecule has 0 radical (unpaired) electrons. The first-order valence-electron chi connectivity index (χ1n) is 8.81. The lowest BCUT2D eigenvalue weighted by atomic mass is 9.88. The van der Waals surface area contributed by atoms with Crippen LogP contribution in [0.15, 0.2) is 63.8 Å². The van der Waals surface area contributed by atoms with Gasteiger partial charge in [-0.3, -0.25) is 5.32 Å². The monoisotopic (exact) mass is 369 g/mol. The van der Waals surface area contributed by atoms with Gasteiger partial charge in [-0.2, -0.15) is 4.68 Å². The van der Waals surface area contributed by atoms with Crippen LogP contribution in [0.2, 0.25) is 5.02 Å². The number of aromatic nitrogens is 2. The van der Waals surface area contributed by atoms with E-state index in [4.69, 9.17) is 16.0 Å². The number of nitrogens with one attached hydrogen (secondary N) is 1. The number of hydrogen-bond acceptors (Lipinski definition) is 4. The van der Waals surface area contributed by atoms with Crippen LogP contribution >= 0.6 is 11.6 Å². The van der Waals surface area contributed by atoms with Gasteiger partial charge < -0.3 is 4.42 Å². The van der Waals surface area contributed by atoms with Gasteiger partial charge in [0.2, 0.25) is 5.89 Å². The molecule has 1 fully saturated rings. The first kappa shape index (κ1) is 17.1. The maximum atomic E-state index is 12.2. The van der Waals surface area contributed by atoms with Crippen molar-refractivity contribution in [3.8, 4) is 11.5 Å². The molecule has 0 amide bonds. The highest BCUT2D eigenvalue weighted by molar-refractivity contribution is 6.30. The Kier molecular flexibility index (Phi) is 4.66. The number of rotatable bonds is 5. The summed E-state index contributed by atoms with van der Waals surface area (Å²) in [6.07, 6.45) is 4.34. The van der Waals surface area contributed by atoms with Crippen LogP contribution in [0.4, 0.5) is 0 Å². The van der Waals surface area contributed by atoms with Gasteiger partial charge in [0.1, 0.15) is 0 Å². The summed E-state index contributed by atoms with van der Waals surface area (Å²) in [6.45, 7) is 0.303. The first-order valence-corrected chi connectivity index (χ1v) is 9.19. The van der Waals surface area contributed by atoms with Crippen molar-refractivity contribution in [2.75, 3.05) is 0 Å². The predicted molar refractivity (Wildman–Crippen MR) is 101 cm³/mol. The van der Waals surface area contributed by atoms with Gasteiger partial charge >= 0.3 is 5.76 Å². The number of halogens is 1. The summed E-state index contributed by atoms with van der Waals surface area (Å²) in [4.78, 5) is 12.2. The molecule has 1 N–H and O–H groups in total. The van der Waals surface area contributed by atoms with Crippen molar-refractivity contribution in [2.45, 2.75) is 37.9 Å². The summed E-state index contributed by atoms with van der Waals surface area (Å²) in [5.41, 5.74) is 1.83. The van der Waals surface area contributed by atoms with Gasteiger partial charge in [0.05, 0.1) is 6.67 Å². The fourth-order valence-electron chi connectivity index (χ4n) is 3.64. The third kappa shape index (κ3) is 3.32. The van der Waals surface area contributed by atoms with Gasteiger partial charge in [-0.15, -0.1) is 5.10 Å². The molecule has 0 spiro atoms. The molecule has 0 aliphatic heterocycles. The summed E-state index contributed by atoms with van der Waals surface area (Å²) >= 11 is 6.03. The topological polar surface area (TPSA) is 60.1 Å². The highest BCUT2D eigenvalue weighted by Crippen LogP contribution is 2.39. The standard InChI is InChI=1S/C20H20ClN3O2/c21-17-10-8-16(9-11-17)20(12-4-5-13-20)22-14-24-19(25)26-18(23-24)15-6-2-1-3-7-15/h1-3,6-11,22H,4-5,12-14H2. The number of hydrogen-bond donors (Lipinski definition) is 1. The zero-order chi connectivity index (χ0) is 18.0. The molecule has 5 nitrogen and oxygen atoms in total. The number of nitrogens with zero attached hydrogens (tertiary/aromatic N) is 2. The Hall–Kier alpha value is -2.37. The van der Waals surface area contributed by atoms with Crippen LogP contribution in [0.5, 0.6) is 0 Å². The van der Waals surface area contributed by atoms with E-state index in [1.54, 1.807) is 0 Å². The van der Waals surface area contributed by atoms with Crippen LogP contribution in [0.25, 0.3) is 11.5 Å². The van der Waals surface area contributed by atoms with Crippen molar-refractivity contribution in [1.82, 2.24) is 15.1 Å². The fourth-order valence-corrected chi connectivity index (χ4v) is 3.77. The zero-order valence-corrected chi connectivity index (χ0v) is 15.1. The molecule has 0 bridgehead atoms. The molecule has 1 saturated carbocycles. The summed E-state index contributed by atoms with van der Waals surface area (Å²) in [7, 11) is 0. The first-order chi connectivity index (χ1) is 12.7. The van der Waals surface area contributed by atoms with Gasteiger partial charge in [-0.1, -0.05) is 54.8 Å². The molecule has 1 aliphatic carbocycles. The van der Waals surface area contributed by atoms with E-state index in [0.29, 0.717) is 12.6 Å².